The molecule has 0 aromatic rings. The van der Waals surface area contributed by atoms with E-state index in [0.29, 0.717) is 0 Å². The fourth-order valence-corrected chi connectivity index (χ4v) is 2.39. The summed E-state index contributed by atoms with van der Waals surface area (Å²) in [5.74, 6) is 0. The van der Waals surface area contributed by atoms with E-state index in [0.717, 1.165) is 12.8 Å². The Balaban J connectivity index is 3.59. The van der Waals surface area contributed by atoms with Crippen LogP contribution in [0, 0.1) is 0 Å². The molecule has 3 nitrogen and oxygen atoms in total. The normalized spacial score (nSPS) is 13.8. The van der Waals surface area contributed by atoms with Gasteiger partial charge in [0, 0.05) is 12.1 Å². The maximum Gasteiger partial charge on any atom is 0.315 e. The molecule has 0 saturated heterocycles. The fraction of sp³-hybridized carbons (Fsp3) is 0.941. The lowest BCUT2D eigenvalue weighted by molar-refractivity contribution is 0.233. The minimum atomic E-state index is -0.00372. The van der Waals surface area contributed by atoms with Gasteiger partial charge in [-0.15, -0.1) is 0 Å². The summed E-state index contributed by atoms with van der Waals surface area (Å²) in [4.78, 5) is 11.8. The van der Waals surface area contributed by atoms with Gasteiger partial charge in [-0.2, -0.15) is 0 Å². The Morgan fingerprint density at radius 3 is 1.50 bits per heavy atom. The molecule has 0 aliphatic heterocycles. The van der Waals surface area contributed by atoms with Gasteiger partial charge in [0.1, 0.15) is 0 Å². The number of amides is 2. The van der Waals surface area contributed by atoms with Crippen LogP contribution >= 0.6 is 0 Å². The number of carbonyl (C=O) groups is 1. The van der Waals surface area contributed by atoms with Crippen LogP contribution in [0.2, 0.25) is 0 Å². The summed E-state index contributed by atoms with van der Waals surface area (Å²) in [6, 6.07) is 0.550. The van der Waals surface area contributed by atoms with Crippen LogP contribution in [-0.2, 0) is 0 Å². The summed E-state index contributed by atoms with van der Waals surface area (Å²) >= 11 is 0. The van der Waals surface area contributed by atoms with Crippen molar-refractivity contribution in [1.29, 1.82) is 0 Å². The Morgan fingerprint density at radius 2 is 1.15 bits per heavy atom. The predicted molar refractivity (Wildman–Crippen MR) is 88.1 cm³/mol. The molecule has 120 valence electrons. The standard InChI is InChI=1S/C17H36N2O/c1-5-7-9-11-13-15(3)18-17(20)19-16(4)14-12-10-8-6-2/h15-16H,5-14H2,1-4H3,(H2,18,19,20). The predicted octanol–water partition coefficient (Wildman–Crippen LogP) is 5.00. The number of unbranched alkanes of at least 4 members (excludes halogenated alkanes) is 6. The molecule has 0 saturated carbocycles. The van der Waals surface area contributed by atoms with Crippen molar-refractivity contribution >= 4 is 6.03 Å². The van der Waals surface area contributed by atoms with Gasteiger partial charge in [-0.05, 0) is 26.7 Å². The summed E-state index contributed by atoms with van der Waals surface area (Å²) in [5, 5.41) is 6.08. The number of carbonyl (C=O) groups excluding carboxylic acids is 1. The SMILES string of the molecule is CCCCCCC(C)NC(=O)NC(C)CCCCCC. The first kappa shape index (κ1) is 19.3. The van der Waals surface area contributed by atoms with Gasteiger partial charge >= 0.3 is 6.03 Å². The van der Waals surface area contributed by atoms with Gasteiger partial charge in [0.05, 0.1) is 0 Å². The minimum absolute atomic E-state index is 0.00372. The Morgan fingerprint density at radius 1 is 0.750 bits per heavy atom. The molecule has 0 spiro atoms. The first-order valence-corrected chi connectivity index (χ1v) is 8.67. The van der Waals surface area contributed by atoms with Gasteiger partial charge in [-0.3, -0.25) is 0 Å². The second kappa shape index (κ2) is 13.3. The minimum Gasteiger partial charge on any atom is -0.336 e. The first-order valence-electron chi connectivity index (χ1n) is 8.67. The molecular formula is C17H36N2O. The molecule has 3 heteroatoms. The quantitative estimate of drug-likeness (QED) is 0.486. The molecule has 0 radical (unpaired) electrons. The molecule has 2 atom stereocenters. The van der Waals surface area contributed by atoms with Gasteiger partial charge in [-0.25, -0.2) is 4.79 Å². The van der Waals surface area contributed by atoms with Crippen molar-refractivity contribution in [2.24, 2.45) is 0 Å². The van der Waals surface area contributed by atoms with E-state index in [-0.39, 0.29) is 18.1 Å². The van der Waals surface area contributed by atoms with Crippen molar-refractivity contribution in [3.63, 3.8) is 0 Å². The van der Waals surface area contributed by atoms with Gasteiger partial charge < -0.3 is 10.6 Å². The van der Waals surface area contributed by atoms with E-state index >= 15 is 0 Å². The van der Waals surface area contributed by atoms with Crippen molar-refractivity contribution < 1.29 is 4.79 Å². The number of nitrogens with one attached hydrogen (secondary N) is 2. The van der Waals surface area contributed by atoms with Gasteiger partial charge in [0.25, 0.3) is 0 Å². The molecule has 0 aromatic heterocycles. The fourth-order valence-electron chi connectivity index (χ4n) is 2.39. The van der Waals surface area contributed by atoms with Crippen molar-refractivity contribution in [2.45, 2.75) is 104 Å². The van der Waals surface area contributed by atoms with Gasteiger partial charge in [-0.1, -0.05) is 65.2 Å². The van der Waals surface area contributed by atoms with E-state index in [2.05, 4.69) is 38.3 Å². The molecular weight excluding hydrogens is 248 g/mol. The zero-order valence-electron chi connectivity index (χ0n) is 14.1. The van der Waals surface area contributed by atoms with Crippen LogP contribution < -0.4 is 10.6 Å². The molecule has 2 N–H and O–H groups in total. The van der Waals surface area contributed by atoms with Crippen LogP contribution in [-0.4, -0.2) is 18.1 Å². The van der Waals surface area contributed by atoms with Gasteiger partial charge in [0.15, 0.2) is 0 Å². The van der Waals surface area contributed by atoms with Crippen LogP contribution in [0.5, 0.6) is 0 Å². The second-order valence-corrected chi connectivity index (χ2v) is 6.12. The zero-order chi connectivity index (χ0) is 15.2. The van der Waals surface area contributed by atoms with E-state index in [1.54, 1.807) is 0 Å². The topological polar surface area (TPSA) is 41.1 Å². The largest absolute Gasteiger partial charge is 0.336 e. The second-order valence-electron chi connectivity index (χ2n) is 6.12. The van der Waals surface area contributed by atoms with Crippen LogP contribution in [0.1, 0.15) is 91.9 Å². The summed E-state index contributed by atoms with van der Waals surface area (Å²) in [5.41, 5.74) is 0. The molecule has 20 heavy (non-hydrogen) atoms. The average molecular weight is 284 g/mol. The van der Waals surface area contributed by atoms with Crippen molar-refractivity contribution in [3.05, 3.63) is 0 Å². The molecule has 0 aliphatic rings. The molecule has 0 aliphatic carbocycles. The maximum absolute atomic E-state index is 11.8. The maximum atomic E-state index is 11.8. The number of hydrogen-bond acceptors (Lipinski definition) is 1. The summed E-state index contributed by atoms with van der Waals surface area (Å²) < 4.78 is 0. The molecule has 2 unspecified atom stereocenters. The van der Waals surface area contributed by atoms with Crippen LogP contribution in [0.3, 0.4) is 0 Å². The Bertz CT molecular complexity index is 209. The smallest absolute Gasteiger partial charge is 0.315 e. The summed E-state index contributed by atoms with van der Waals surface area (Å²) in [7, 11) is 0. The third-order valence-corrected chi connectivity index (χ3v) is 3.74. The monoisotopic (exact) mass is 284 g/mol. The summed E-state index contributed by atoms with van der Waals surface area (Å²) in [6.45, 7) is 8.63. The number of rotatable bonds is 12. The third-order valence-electron chi connectivity index (χ3n) is 3.74. The van der Waals surface area contributed by atoms with Crippen molar-refractivity contribution in [1.82, 2.24) is 10.6 Å². The first-order chi connectivity index (χ1) is 9.60. The highest BCUT2D eigenvalue weighted by Gasteiger charge is 2.09. The molecule has 0 aromatic carbocycles. The Kier molecular flexibility index (Phi) is 12.8. The van der Waals surface area contributed by atoms with Crippen LogP contribution in [0.4, 0.5) is 4.79 Å². The highest BCUT2D eigenvalue weighted by molar-refractivity contribution is 5.74. The van der Waals surface area contributed by atoms with Crippen molar-refractivity contribution in [2.75, 3.05) is 0 Å². The van der Waals surface area contributed by atoms with Crippen molar-refractivity contribution in [3.8, 4) is 0 Å². The third kappa shape index (κ3) is 12.3. The molecule has 0 bridgehead atoms. The van der Waals surface area contributed by atoms with E-state index in [1.807, 2.05) is 0 Å². The summed E-state index contributed by atoms with van der Waals surface area (Å²) in [6.07, 6.45) is 12.3. The van der Waals surface area contributed by atoms with E-state index in [1.165, 1.54) is 51.4 Å². The molecule has 0 rings (SSSR count). The van der Waals surface area contributed by atoms with Gasteiger partial charge in [0.2, 0.25) is 0 Å². The lowest BCUT2D eigenvalue weighted by Gasteiger charge is -2.18. The van der Waals surface area contributed by atoms with E-state index < -0.39 is 0 Å². The molecule has 0 fully saturated rings. The van der Waals surface area contributed by atoms with E-state index in [9.17, 15) is 4.79 Å². The van der Waals surface area contributed by atoms with E-state index in [4.69, 9.17) is 0 Å². The molecule has 2 amide bonds. The average Bonchev–Trinajstić information content (AvgIpc) is 2.39. The lowest BCUT2D eigenvalue weighted by Crippen LogP contribution is -2.44. The van der Waals surface area contributed by atoms with Crippen LogP contribution in [0.25, 0.3) is 0 Å². The lowest BCUT2D eigenvalue weighted by atomic mass is 10.1. The highest BCUT2D eigenvalue weighted by atomic mass is 16.2. The highest BCUT2D eigenvalue weighted by Crippen LogP contribution is 2.06. The number of hydrogen-bond donors (Lipinski definition) is 2. The van der Waals surface area contributed by atoms with Crippen LogP contribution in [0.15, 0.2) is 0 Å². The number of urea groups is 1. The molecule has 0 heterocycles. The Hall–Kier alpha value is -0.730. The Labute approximate surface area is 126 Å². The zero-order valence-corrected chi connectivity index (χ0v) is 14.1.